The molecule has 3 aliphatic rings. The highest BCUT2D eigenvalue weighted by Gasteiger charge is 2.44. The fourth-order valence-electron chi connectivity index (χ4n) is 4.52. The van der Waals surface area contributed by atoms with E-state index in [2.05, 4.69) is 18.2 Å². The zero-order valence-corrected chi connectivity index (χ0v) is 13.4. The SMILES string of the molecule is COc1ccc2c(c1)CCCC1=CC(=O)CCC12CC1CC1. The van der Waals surface area contributed by atoms with Crippen LogP contribution in [0.3, 0.4) is 0 Å². The smallest absolute Gasteiger partial charge is 0.155 e. The number of methoxy groups -OCH3 is 1. The van der Waals surface area contributed by atoms with Gasteiger partial charge < -0.3 is 4.74 Å². The predicted octanol–water partition coefficient (Wildman–Crippen LogP) is 4.36. The molecular formula is C20H24O2. The number of aryl methyl sites for hydroxylation is 1. The van der Waals surface area contributed by atoms with Crippen LogP contribution in [0.15, 0.2) is 29.8 Å². The quantitative estimate of drug-likeness (QED) is 0.828. The van der Waals surface area contributed by atoms with Gasteiger partial charge in [0.15, 0.2) is 5.78 Å². The van der Waals surface area contributed by atoms with Crippen molar-refractivity contribution in [2.75, 3.05) is 7.11 Å². The van der Waals surface area contributed by atoms with Gasteiger partial charge in [-0.1, -0.05) is 24.5 Å². The summed E-state index contributed by atoms with van der Waals surface area (Å²) in [6, 6.07) is 6.61. The summed E-state index contributed by atoms with van der Waals surface area (Å²) >= 11 is 0. The van der Waals surface area contributed by atoms with E-state index in [1.165, 1.54) is 36.0 Å². The standard InChI is InChI=1S/C20H24O2/c1-22-18-7-8-19-15(11-18)3-2-4-16-12-17(21)9-10-20(16,19)13-14-5-6-14/h7-8,11-12,14H,2-6,9-10,13H2,1H3. The summed E-state index contributed by atoms with van der Waals surface area (Å²) in [5.41, 5.74) is 4.47. The van der Waals surface area contributed by atoms with Crippen LogP contribution < -0.4 is 4.74 Å². The minimum atomic E-state index is 0.132. The van der Waals surface area contributed by atoms with E-state index in [1.807, 2.05) is 6.08 Å². The van der Waals surface area contributed by atoms with Gasteiger partial charge in [-0.25, -0.2) is 0 Å². The number of carbonyl (C=O) groups excluding carboxylic acids is 1. The molecule has 0 amide bonds. The first-order valence-corrected chi connectivity index (χ1v) is 8.62. The van der Waals surface area contributed by atoms with Gasteiger partial charge in [0.25, 0.3) is 0 Å². The summed E-state index contributed by atoms with van der Waals surface area (Å²) in [5.74, 6) is 2.16. The fraction of sp³-hybridized carbons (Fsp3) is 0.550. The molecule has 0 aliphatic heterocycles. The monoisotopic (exact) mass is 296 g/mol. The van der Waals surface area contributed by atoms with E-state index in [0.717, 1.165) is 37.4 Å². The number of carbonyl (C=O) groups is 1. The van der Waals surface area contributed by atoms with Crippen molar-refractivity contribution in [2.45, 2.75) is 56.8 Å². The average molecular weight is 296 g/mol. The van der Waals surface area contributed by atoms with Crippen molar-refractivity contribution in [3.05, 3.63) is 41.0 Å². The molecule has 2 nitrogen and oxygen atoms in total. The molecule has 1 aromatic rings. The van der Waals surface area contributed by atoms with Gasteiger partial charge in [0, 0.05) is 11.8 Å². The summed E-state index contributed by atoms with van der Waals surface area (Å²) in [7, 11) is 1.74. The molecule has 22 heavy (non-hydrogen) atoms. The second kappa shape index (κ2) is 5.26. The van der Waals surface area contributed by atoms with E-state index in [1.54, 1.807) is 7.11 Å². The number of hydrogen-bond acceptors (Lipinski definition) is 2. The molecule has 116 valence electrons. The van der Waals surface area contributed by atoms with Crippen molar-refractivity contribution in [2.24, 2.45) is 5.92 Å². The number of rotatable bonds is 3. The van der Waals surface area contributed by atoms with Crippen molar-refractivity contribution in [3.63, 3.8) is 0 Å². The average Bonchev–Trinajstić information content (AvgIpc) is 3.34. The molecule has 0 saturated heterocycles. The van der Waals surface area contributed by atoms with E-state index in [9.17, 15) is 4.79 Å². The van der Waals surface area contributed by atoms with Crippen LogP contribution in [0.5, 0.6) is 5.75 Å². The maximum Gasteiger partial charge on any atom is 0.155 e. The Morgan fingerprint density at radius 3 is 2.86 bits per heavy atom. The van der Waals surface area contributed by atoms with E-state index in [-0.39, 0.29) is 5.41 Å². The lowest BCUT2D eigenvalue weighted by molar-refractivity contribution is -0.115. The van der Waals surface area contributed by atoms with Gasteiger partial charge >= 0.3 is 0 Å². The Bertz CT molecular complexity index is 639. The zero-order valence-electron chi connectivity index (χ0n) is 13.4. The normalized spacial score (nSPS) is 27.5. The van der Waals surface area contributed by atoms with Gasteiger partial charge in [-0.2, -0.15) is 0 Å². The maximum atomic E-state index is 12.0. The Labute approximate surface area is 132 Å². The topological polar surface area (TPSA) is 26.3 Å². The highest BCUT2D eigenvalue weighted by molar-refractivity contribution is 5.92. The molecular weight excluding hydrogens is 272 g/mol. The zero-order chi connectivity index (χ0) is 15.2. The van der Waals surface area contributed by atoms with Gasteiger partial charge in [0.05, 0.1) is 7.11 Å². The predicted molar refractivity (Wildman–Crippen MR) is 87.3 cm³/mol. The van der Waals surface area contributed by atoms with E-state index >= 15 is 0 Å². The highest BCUT2D eigenvalue weighted by Crippen LogP contribution is 2.53. The van der Waals surface area contributed by atoms with Crippen LogP contribution in [0.1, 0.15) is 56.1 Å². The lowest BCUT2D eigenvalue weighted by atomic mass is 9.64. The summed E-state index contributed by atoms with van der Waals surface area (Å²) in [6.07, 6.45) is 11.0. The molecule has 1 atom stereocenters. The summed E-state index contributed by atoms with van der Waals surface area (Å²) in [4.78, 5) is 12.0. The number of hydrogen-bond donors (Lipinski definition) is 0. The number of ketones is 1. The minimum Gasteiger partial charge on any atom is -0.497 e. The van der Waals surface area contributed by atoms with Crippen LogP contribution in [0.2, 0.25) is 0 Å². The minimum absolute atomic E-state index is 0.132. The third-order valence-electron chi connectivity index (χ3n) is 5.80. The molecule has 4 rings (SSSR count). The van der Waals surface area contributed by atoms with Crippen molar-refractivity contribution in [1.82, 2.24) is 0 Å². The first-order chi connectivity index (χ1) is 10.7. The van der Waals surface area contributed by atoms with Crippen LogP contribution in [0.4, 0.5) is 0 Å². The van der Waals surface area contributed by atoms with Gasteiger partial charge in [-0.15, -0.1) is 0 Å². The lowest BCUT2D eigenvalue weighted by Gasteiger charge is -2.39. The summed E-state index contributed by atoms with van der Waals surface area (Å²) in [6.45, 7) is 0. The molecule has 0 radical (unpaired) electrons. The summed E-state index contributed by atoms with van der Waals surface area (Å²) < 4.78 is 5.43. The Kier molecular flexibility index (Phi) is 3.36. The molecule has 0 N–H and O–H groups in total. The van der Waals surface area contributed by atoms with Crippen LogP contribution in [-0.4, -0.2) is 12.9 Å². The van der Waals surface area contributed by atoms with Crippen molar-refractivity contribution < 1.29 is 9.53 Å². The fourth-order valence-corrected chi connectivity index (χ4v) is 4.52. The first-order valence-electron chi connectivity index (χ1n) is 8.62. The second-order valence-electron chi connectivity index (χ2n) is 7.24. The third-order valence-corrected chi connectivity index (χ3v) is 5.80. The molecule has 0 spiro atoms. The Hall–Kier alpha value is -1.57. The van der Waals surface area contributed by atoms with Gasteiger partial charge in [0.2, 0.25) is 0 Å². The number of ether oxygens (including phenoxy) is 1. The molecule has 1 saturated carbocycles. The molecule has 3 aliphatic carbocycles. The molecule has 1 unspecified atom stereocenters. The molecule has 1 fully saturated rings. The number of fused-ring (bicyclic) bond motifs is 3. The molecule has 0 aromatic heterocycles. The largest absolute Gasteiger partial charge is 0.497 e. The van der Waals surface area contributed by atoms with Crippen LogP contribution in [-0.2, 0) is 16.6 Å². The second-order valence-corrected chi connectivity index (χ2v) is 7.24. The van der Waals surface area contributed by atoms with E-state index in [0.29, 0.717) is 12.2 Å². The van der Waals surface area contributed by atoms with Gasteiger partial charge in [-0.05, 0) is 67.4 Å². The van der Waals surface area contributed by atoms with Gasteiger partial charge in [0.1, 0.15) is 5.75 Å². The Morgan fingerprint density at radius 2 is 2.09 bits per heavy atom. The van der Waals surface area contributed by atoms with Gasteiger partial charge in [-0.3, -0.25) is 4.79 Å². The molecule has 1 aromatic carbocycles. The molecule has 2 heteroatoms. The van der Waals surface area contributed by atoms with Crippen LogP contribution in [0.25, 0.3) is 0 Å². The van der Waals surface area contributed by atoms with Crippen LogP contribution >= 0.6 is 0 Å². The first kappa shape index (κ1) is 14.0. The Balaban J connectivity index is 1.86. The highest BCUT2D eigenvalue weighted by atomic mass is 16.5. The molecule has 0 heterocycles. The van der Waals surface area contributed by atoms with Crippen molar-refractivity contribution in [3.8, 4) is 5.75 Å². The van der Waals surface area contributed by atoms with E-state index < -0.39 is 0 Å². The van der Waals surface area contributed by atoms with Crippen molar-refractivity contribution >= 4 is 5.78 Å². The Morgan fingerprint density at radius 1 is 1.23 bits per heavy atom. The number of benzene rings is 1. The maximum absolute atomic E-state index is 12.0. The summed E-state index contributed by atoms with van der Waals surface area (Å²) in [5, 5.41) is 0. The van der Waals surface area contributed by atoms with Crippen molar-refractivity contribution in [1.29, 1.82) is 0 Å². The van der Waals surface area contributed by atoms with E-state index in [4.69, 9.17) is 4.74 Å². The lowest BCUT2D eigenvalue weighted by Crippen LogP contribution is -2.34. The number of allylic oxidation sites excluding steroid dienone is 2. The van der Waals surface area contributed by atoms with Crippen LogP contribution in [0, 0.1) is 5.92 Å². The molecule has 0 bridgehead atoms. The third kappa shape index (κ3) is 2.29.